The van der Waals surface area contributed by atoms with E-state index < -0.39 is 23.8 Å². The summed E-state index contributed by atoms with van der Waals surface area (Å²) in [5, 5.41) is 6.77. The van der Waals surface area contributed by atoms with Gasteiger partial charge in [-0.3, -0.25) is 4.79 Å². The Morgan fingerprint density at radius 3 is 2.58 bits per heavy atom. The van der Waals surface area contributed by atoms with Gasteiger partial charge < -0.3 is 10.1 Å². The minimum atomic E-state index is -1.03. The largest absolute Gasteiger partial charge is 0.449 e. The molecule has 1 N–H and O–H groups in total. The first-order valence-electron chi connectivity index (χ1n) is 7.61. The van der Waals surface area contributed by atoms with Gasteiger partial charge in [0, 0.05) is 12.1 Å². The van der Waals surface area contributed by atoms with Crippen LogP contribution >= 0.6 is 0 Å². The van der Waals surface area contributed by atoms with Gasteiger partial charge >= 0.3 is 5.97 Å². The van der Waals surface area contributed by atoms with Crippen LogP contribution in [0, 0.1) is 12.7 Å². The van der Waals surface area contributed by atoms with Crippen molar-refractivity contribution < 1.29 is 18.7 Å². The number of anilines is 1. The maximum absolute atomic E-state index is 13.5. The monoisotopic (exact) mass is 333 g/mol. The van der Waals surface area contributed by atoms with Gasteiger partial charge in [0.05, 0.1) is 11.8 Å². The molecule has 2 rings (SSSR count). The summed E-state index contributed by atoms with van der Waals surface area (Å²) in [6.45, 7) is 6.91. The molecular formula is C17H20FN3O3. The van der Waals surface area contributed by atoms with Crippen LogP contribution in [0.4, 0.5) is 10.2 Å². The summed E-state index contributed by atoms with van der Waals surface area (Å²) in [4.78, 5) is 24.2. The maximum atomic E-state index is 13.5. The van der Waals surface area contributed by atoms with Crippen LogP contribution in [0.2, 0.25) is 0 Å². The number of amides is 1. The van der Waals surface area contributed by atoms with Crippen molar-refractivity contribution in [2.45, 2.75) is 39.8 Å². The average molecular weight is 333 g/mol. The Balaban J connectivity index is 2.01. The van der Waals surface area contributed by atoms with Crippen molar-refractivity contribution in [1.29, 1.82) is 0 Å². The number of halogens is 1. The van der Waals surface area contributed by atoms with Crippen molar-refractivity contribution in [1.82, 2.24) is 9.78 Å². The highest BCUT2D eigenvalue weighted by Crippen LogP contribution is 2.15. The van der Waals surface area contributed by atoms with Crippen LogP contribution in [0.25, 0.3) is 0 Å². The first-order valence-corrected chi connectivity index (χ1v) is 7.61. The summed E-state index contributed by atoms with van der Waals surface area (Å²) in [5.74, 6) is -1.23. The van der Waals surface area contributed by atoms with Gasteiger partial charge in [0.2, 0.25) is 0 Å². The van der Waals surface area contributed by atoms with Crippen molar-refractivity contribution in [2.75, 3.05) is 5.32 Å². The van der Waals surface area contributed by atoms with Gasteiger partial charge in [-0.15, -0.1) is 0 Å². The van der Waals surface area contributed by atoms with Crippen LogP contribution < -0.4 is 5.32 Å². The molecule has 0 aliphatic carbocycles. The van der Waals surface area contributed by atoms with Gasteiger partial charge in [-0.05, 0) is 45.4 Å². The highest BCUT2D eigenvalue weighted by Gasteiger charge is 2.21. The average Bonchev–Trinajstić information content (AvgIpc) is 2.98. The second kappa shape index (κ2) is 7.25. The second-order valence-electron chi connectivity index (χ2n) is 5.76. The molecular weight excluding hydrogens is 313 g/mol. The third kappa shape index (κ3) is 3.98. The number of rotatable bonds is 5. The number of aryl methyl sites for hydroxylation is 1. The Labute approximate surface area is 139 Å². The molecule has 2 aromatic rings. The van der Waals surface area contributed by atoms with E-state index in [1.54, 1.807) is 23.9 Å². The molecule has 24 heavy (non-hydrogen) atoms. The minimum absolute atomic E-state index is 0.0602. The van der Waals surface area contributed by atoms with Crippen LogP contribution in [-0.2, 0) is 9.53 Å². The van der Waals surface area contributed by atoms with Gasteiger partial charge in [0.1, 0.15) is 11.6 Å². The lowest BCUT2D eigenvalue weighted by Crippen LogP contribution is -2.31. The summed E-state index contributed by atoms with van der Waals surface area (Å²) in [6.07, 6.45) is 0.541. The van der Waals surface area contributed by atoms with E-state index in [4.69, 9.17) is 4.74 Å². The number of aromatic nitrogens is 2. The smallest absolute Gasteiger partial charge is 0.339 e. The molecule has 1 aromatic carbocycles. The molecule has 1 heterocycles. The first-order chi connectivity index (χ1) is 11.3. The number of hydrogen-bond acceptors (Lipinski definition) is 4. The fraction of sp³-hybridized carbons (Fsp3) is 0.353. The fourth-order valence-electron chi connectivity index (χ4n) is 2.05. The highest BCUT2D eigenvalue weighted by molar-refractivity contribution is 5.96. The summed E-state index contributed by atoms with van der Waals surface area (Å²) < 4.78 is 20.2. The standard InChI is InChI=1S/C17H20FN3O3/c1-10(2)21-15(7-8-19-21)20-16(22)12(4)24-17(23)13-6-5-11(3)14(18)9-13/h5-10,12H,1-4H3,(H,20,22). The van der Waals surface area contributed by atoms with E-state index in [0.717, 1.165) is 6.07 Å². The van der Waals surface area contributed by atoms with Gasteiger partial charge in [-0.1, -0.05) is 6.07 Å². The second-order valence-corrected chi connectivity index (χ2v) is 5.76. The minimum Gasteiger partial charge on any atom is -0.449 e. The van der Waals surface area contributed by atoms with E-state index >= 15 is 0 Å². The lowest BCUT2D eigenvalue weighted by Gasteiger charge is -2.15. The molecule has 0 aliphatic rings. The topological polar surface area (TPSA) is 73.2 Å². The summed E-state index contributed by atoms with van der Waals surface area (Å²) in [6, 6.07) is 5.76. The van der Waals surface area contributed by atoms with E-state index in [1.807, 2.05) is 13.8 Å². The molecule has 0 fully saturated rings. The lowest BCUT2D eigenvalue weighted by atomic mass is 10.1. The Kier molecular flexibility index (Phi) is 5.33. The van der Waals surface area contributed by atoms with Crippen molar-refractivity contribution in [2.24, 2.45) is 0 Å². The third-order valence-electron chi connectivity index (χ3n) is 3.47. The number of nitrogens with zero attached hydrogens (tertiary/aromatic N) is 2. The predicted molar refractivity (Wildman–Crippen MR) is 87.3 cm³/mol. The van der Waals surface area contributed by atoms with Crippen LogP contribution in [0.1, 0.15) is 42.7 Å². The fourth-order valence-corrected chi connectivity index (χ4v) is 2.05. The molecule has 1 atom stereocenters. The van der Waals surface area contributed by atoms with Crippen LogP contribution in [0.5, 0.6) is 0 Å². The Bertz CT molecular complexity index is 755. The van der Waals surface area contributed by atoms with Crippen molar-refractivity contribution in [3.63, 3.8) is 0 Å². The molecule has 1 amide bonds. The maximum Gasteiger partial charge on any atom is 0.339 e. The highest BCUT2D eigenvalue weighted by atomic mass is 19.1. The molecule has 0 saturated heterocycles. The number of nitrogens with one attached hydrogen (secondary N) is 1. The van der Waals surface area contributed by atoms with Crippen molar-refractivity contribution in [3.8, 4) is 0 Å². The van der Waals surface area contributed by atoms with E-state index in [2.05, 4.69) is 10.4 Å². The van der Waals surface area contributed by atoms with Crippen LogP contribution in [0.3, 0.4) is 0 Å². The number of hydrogen-bond donors (Lipinski definition) is 1. The Hall–Kier alpha value is -2.70. The lowest BCUT2D eigenvalue weighted by molar-refractivity contribution is -0.123. The molecule has 6 nitrogen and oxygen atoms in total. The molecule has 0 radical (unpaired) electrons. The Morgan fingerprint density at radius 2 is 1.96 bits per heavy atom. The first kappa shape index (κ1) is 17.7. The van der Waals surface area contributed by atoms with Crippen LogP contribution in [0.15, 0.2) is 30.5 Å². The zero-order valence-electron chi connectivity index (χ0n) is 14.0. The summed E-state index contributed by atoms with van der Waals surface area (Å²) in [5.41, 5.74) is 0.490. The number of carbonyl (C=O) groups excluding carboxylic acids is 2. The van der Waals surface area contributed by atoms with Gasteiger partial charge in [0.25, 0.3) is 5.91 Å². The SMILES string of the molecule is Cc1ccc(C(=O)OC(C)C(=O)Nc2ccnn2C(C)C)cc1F. The molecule has 128 valence electrons. The third-order valence-corrected chi connectivity index (χ3v) is 3.47. The van der Waals surface area contributed by atoms with E-state index in [0.29, 0.717) is 11.4 Å². The number of carbonyl (C=O) groups is 2. The van der Waals surface area contributed by atoms with Gasteiger partial charge in [0.15, 0.2) is 6.10 Å². The van der Waals surface area contributed by atoms with E-state index in [9.17, 15) is 14.0 Å². The summed E-state index contributed by atoms with van der Waals surface area (Å²) in [7, 11) is 0. The van der Waals surface area contributed by atoms with Crippen molar-refractivity contribution in [3.05, 3.63) is 47.4 Å². The molecule has 7 heteroatoms. The normalized spacial score (nSPS) is 12.1. The van der Waals surface area contributed by atoms with Crippen molar-refractivity contribution >= 4 is 17.7 Å². The molecule has 0 saturated carbocycles. The summed E-state index contributed by atoms with van der Waals surface area (Å²) >= 11 is 0. The predicted octanol–water partition coefficient (Wildman–Crippen LogP) is 3.10. The molecule has 1 unspecified atom stereocenters. The van der Waals surface area contributed by atoms with E-state index in [1.165, 1.54) is 19.1 Å². The number of ether oxygens (including phenoxy) is 1. The molecule has 0 spiro atoms. The number of benzene rings is 1. The quantitative estimate of drug-likeness (QED) is 0.853. The molecule has 1 aromatic heterocycles. The molecule has 0 bridgehead atoms. The van der Waals surface area contributed by atoms with Gasteiger partial charge in [-0.25, -0.2) is 13.9 Å². The zero-order valence-corrected chi connectivity index (χ0v) is 14.0. The van der Waals surface area contributed by atoms with Crippen LogP contribution in [-0.4, -0.2) is 27.8 Å². The Morgan fingerprint density at radius 1 is 1.25 bits per heavy atom. The zero-order chi connectivity index (χ0) is 17.9. The van der Waals surface area contributed by atoms with Gasteiger partial charge in [-0.2, -0.15) is 5.10 Å². The molecule has 0 aliphatic heterocycles. The van der Waals surface area contributed by atoms with E-state index in [-0.39, 0.29) is 11.6 Å². The number of esters is 1.